The Kier molecular flexibility index (Phi) is 3.92. The molecule has 1 aromatic carbocycles. The maximum Gasteiger partial charge on any atom is 0.0668 e. The lowest BCUT2D eigenvalue weighted by molar-refractivity contribution is 0.195. The molecule has 2 nitrogen and oxygen atoms in total. The SMILES string of the molecule is CCSc1cccc(N[C@H]2CCOC2)c1. The summed E-state index contributed by atoms with van der Waals surface area (Å²) >= 11 is 1.88. The van der Waals surface area contributed by atoms with E-state index in [2.05, 4.69) is 36.5 Å². The molecule has 0 unspecified atom stereocenters. The minimum atomic E-state index is 0.492. The minimum absolute atomic E-state index is 0.492. The van der Waals surface area contributed by atoms with Crippen molar-refractivity contribution >= 4 is 17.4 Å². The number of benzene rings is 1. The lowest BCUT2D eigenvalue weighted by Gasteiger charge is -2.12. The maximum absolute atomic E-state index is 5.34. The van der Waals surface area contributed by atoms with Crippen LogP contribution in [0.1, 0.15) is 13.3 Å². The Morgan fingerprint density at radius 3 is 3.20 bits per heavy atom. The number of nitrogens with one attached hydrogen (secondary N) is 1. The third-order valence-corrected chi connectivity index (χ3v) is 3.32. The Morgan fingerprint density at radius 2 is 2.47 bits per heavy atom. The van der Waals surface area contributed by atoms with E-state index in [4.69, 9.17) is 4.74 Å². The molecule has 1 atom stereocenters. The highest BCUT2D eigenvalue weighted by Crippen LogP contribution is 2.22. The summed E-state index contributed by atoms with van der Waals surface area (Å²) in [7, 11) is 0. The average molecular weight is 223 g/mol. The van der Waals surface area contributed by atoms with Gasteiger partial charge in [0.15, 0.2) is 0 Å². The second-order valence-corrected chi connectivity index (χ2v) is 5.00. The number of rotatable bonds is 4. The van der Waals surface area contributed by atoms with Gasteiger partial charge in [0.25, 0.3) is 0 Å². The van der Waals surface area contributed by atoms with Crippen molar-refractivity contribution in [2.75, 3.05) is 24.3 Å². The van der Waals surface area contributed by atoms with Gasteiger partial charge in [-0.1, -0.05) is 13.0 Å². The van der Waals surface area contributed by atoms with Gasteiger partial charge < -0.3 is 10.1 Å². The number of hydrogen-bond donors (Lipinski definition) is 1. The normalized spacial score (nSPS) is 20.5. The molecule has 1 aromatic rings. The molecular weight excluding hydrogens is 206 g/mol. The second kappa shape index (κ2) is 5.42. The molecule has 0 aromatic heterocycles. The van der Waals surface area contributed by atoms with Crippen LogP contribution >= 0.6 is 11.8 Å². The van der Waals surface area contributed by atoms with Gasteiger partial charge in [0.05, 0.1) is 12.6 Å². The zero-order valence-corrected chi connectivity index (χ0v) is 9.85. The van der Waals surface area contributed by atoms with Crippen molar-refractivity contribution in [3.8, 4) is 0 Å². The molecule has 1 heterocycles. The van der Waals surface area contributed by atoms with E-state index < -0.39 is 0 Å². The molecule has 15 heavy (non-hydrogen) atoms. The molecule has 3 heteroatoms. The van der Waals surface area contributed by atoms with Crippen LogP contribution < -0.4 is 5.32 Å². The van der Waals surface area contributed by atoms with Crippen molar-refractivity contribution in [3.05, 3.63) is 24.3 Å². The Balaban J connectivity index is 1.97. The van der Waals surface area contributed by atoms with Crippen LogP contribution in [0.3, 0.4) is 0 Å². The van der Waals surface area contributed by atoms with Crippen molar-refractivity contribution < 1.29 is 4.74 Å². The van der Waals surface area contributed by atoms with Crippen LogP contribution in [-0.2, 0) is 4.74 Å². The fourth-order valence-electron chi connectivity index (χ4n) is 1.73. The first kappa shape index (κ1) is 10.8. The lowest BCUT2D eigenvalue weighted by atomic mass is 10.2. The van der Waals surface area contributed by atoms with Gasteiger partial charge in [-0.3, -0.25) is 0 Å². The van der Waals surface area contributed by atoms with Gasteiger partial charge in [-0.25, -0.2) is 0 Å². The summed E-state index contributed by atoms with van der Waals surface area (Å²) in [5.41, 5.74) is 1.21. The van der Waals surface area contributed by atoms with Crippen molar-refractivity contribution in [1.29, 1.82) is 0 Å². The summed E-state index contributed by atoms with van der Waals surface area (Å²) in [5, 5.41) is 3.50. The van der Waals surface area contributed by atoms with Crippen molar-refractivity contribution in [3.63, 3.8) is 0 Å². The molecule has 0 amide bonds. The van der Waals surface area contributed by atoms with E-state index >= 15 is 0 Å². The Labute approximate surface area is 95.4 Å². The molecule has 1 fully saturated rings. The molecule has 0 aliphatic carbocycles. The van der Waals surface area contributed by atoms with Crippen LogP contribution in [0.15, 0.2) is 29.2 Å². The quantitative estimate of drug-likeness (QED) is 0.793. The third-order valence-electron chi connectivity index (χ3n) is 2.45. The van der Waals surface area contributed by atoms with Crippen LogP contribution in [0, 0.1) is 0 Å². The molecule has 1 aliphatic rings. The van der Waals surface area contributed by atoms with E-state index in [1.807, 2.05) is 11.8 Å². The first-order chi connectivity index (χ1) is 7.38. The topological polar surface area (TPSA) is 21.3 Å². The van der Waals surface area contributed by atoms with E-state index in [0.717, 1.165) is 25.4 Å². The molecule has 82 valence electrons. The maximum atomic E-state index is 5.34. The zero-order valence-electron chi connectivity index (χ0n) is 9.03. The molecule has 1 N–H and O–H groups in total. The van der Waals surface area contributed by atoms with E-state index in [0.29, 0.717) is 6.04 Å². The Morgan fingerprint density at radius 1 is 1.53 bits per heavy atom. The van der Waals surface area contributed by atoms with Crippen LogP contribution in [0.5, 0.6) is 0 Å². The van der Waals surface area contributed by atoms with Gasteiger partial charge in [-0.15, -0.1) is 11.8 Å². The summed E-state index contributed by atoms with van der Waals surface area (Å²) in [4.78, 5) is 1.33. The van der Waals surface area contributed by atoms with Gasteiger partial charge in [0.2, 0.25) is 0 Å². The smallest absolute Gasteiger partial charge is 0.0668 e. The predicted octanol–water partition coefficient (Wildman–Crippen LogP) is 3.00. The monoisotopic (exact) mass is 223 g/mol. The van der Waals surface area contributed by atoms with Crippen LogP contribution in [0.4, 0.5) is 5.69 Å². The number of thioether (sulfide) groups is 1. The first-order valence-electron chi connectivity index (χ1n) is 5.45. The number of anilines is 1. The van der Waals surface area contributed by atoms with Crippen LogP contribution in [0.2, 0.25) is 0 Å². The van der Waals surface area contributed by atoms with Crippen LogP contribution in [0.25, 0.3) is 0 Å². The summed E-state index contributed by atoms with van der Waals surface area (Å²) in [6, 6.07) is 9.09. The van der Waals surface area contributed by atoms with Crippen molar-refractivity contribution in [2.45, 2.75) is 24.3 Å². The summed E-state index contributed by atoms with van der Waals surface area (Å²) in [6.07, 6.45) is 1.12. The molecule has 2 rings (SSSR count). The fourth-order valence-corrected chi connectivity index (χ4v) is 2.44. The van der Waals surface area contributed by atoms with Gasteiger partial charge >= 0.3 is 0 Å². The van der Waals surface area contributed by atoms with Crippen molar-refractivity contribution in [1.82, 2.24) is 0 Å². The standard InChI is InChI=1S/C12H17NOS/c1-2-15-12-5-3-4-10(8-12)13-11-6-7-14-9-11/h3-5,8,11,13H,2,6-7,9H2,1H3/t11-/m0/s1. The molecular formula is C12H17NOS. The van der Waals surface area contributed by atoms with E-state index in [1.54, 1.807) is 0 Å². The Hall–Kier alpha value is -0.670. The van der Waals surface area contributed by atoms with Gasteiger partial charge in [-0.05, 0) is 30.4 Å². The van der Waals surface area contributed by atoms with Gasteiger partial charge in [0.1, 0.15) is 0 Å². The van der Waals surface area contributed by atoms with Gasteiger partial charge in [0, 0.05) is 17.2 Å². The molecule has 0 spiro atoms. The number of hydrogen-bond acceptors (Lipinski definition) is 3. The molecule has 0 bridgehead atoms. The lowest BCUT2D eigenvalue weighted by Crippen LogP contribution is -2.18. The van der Waals surface area contributed by atoms with Crippen molar-refractivity contribution in [2.24, 2.45) is 0 Å². The largest absolute Gasteiger partial charge is 0.380 e. The zero-order chi connectivity index (χ0) is 10.5. The molecule has 1 saturated heterocycles. The highest BCUT2D eigenvalue weighted by molar-refractivity contribution is 7.99. The third kappa shape index (κ3) is 3.14. The average Bonchev–Trinajstić information content (AvgIpc) is 2.71. The summed E-state index contributed by atoms with van der Waals surface area (Å²) in [5.74, 6) is 1.12. The van der Waals surface area contributed by atoms with E-state index in [-0.39, 0.29) is 0 Å². The van der Waals surface area contributed by atoms with E-state index in [1.165, 1.54) is 10.6 Å². The molecule has 0 radical (unpaired) electrons. The minimum Gasteiger partial charge on any atom is -0.380 e. The first-order valence-corrected chi connectivity index (χ1v) is 6.44. The predicted molar refractivity (Wildman–Crippen MR) is 65.7 cm³/mol. The summed E-state index contributed by atoms with van der Waals surface area (Å²) < 4.78 is 5.34. The van der Waals surface area contributed by atoms with Gasteiger partial charge in [-0.2, -0.15) is 0 Å². The van der Waals surface area contributed by atoms with Crippen LogP contribution in [-0.4, -0.2) is 25.0 Å². The van der Waals surface area contributed by atoms with E-state index in [9.17, 15) is 0 Å². The molecule has 1 aliphatic heterocycles. The Bertz CT molecular complexity index is 310. The second-order valence-electron chi connectivity index (χ2n) is 3.67. The highest BCUT2D eigenvalue weighted by atomic mass is 32.2. The molecule has 0 saturated carbocycles. The highest BCUT2D eigenvalue weighted by Gasteiger charge is 2.14. The fraction of sp³-hybridized carbons (Fsp3) is 0.500. The summed E-state index contributed by atoms with van der Waals surface area (Å²) in [6.45, 7) is 3.90. The number of ether oxygens (including phenoxy) is 1.